The van der Waals surface area contributed by atoms with E-state index in [2.05, 4.69) is 39.1 Å². The van der Waals surface area contributed by atoms with E-state index in [1.165, 1.54) is 0 Å². The molecule has 110 valence electrons. The summed E-state index contributed by atoms with van der Waals surface area (Å²) in [5.41, 5.74) is 8.55. The quantitative estimate of drug-likeness (QED) is 0.766. The van der Waals surface area contributed by atoms with Crippen molar-refractivity contribution in [2.75, 3.05) is 5.73 Å². The van der Waals surface area contributed by atoms with Gasteiger partial charge in [0.25, 0.3) is 0 Å². The number of aromatic nitrogens is 6. The predicted molar refractivity (Wildman–Crippen MR) is 81.2 cm³/mol. The molecule has 0 amide bonds. The molecule has 0 spiro atoms. The third-order valence-corrected chi connectivity index (χ3v) is 3.26. The Labute approximate surface area is 122 Å². The molecule has 7 nitrogen and oxygen atoms in total. The number of fused-ring (bicyclic) bond motifs is 1. The molecule has 0 bridgehead atoms. The number of hydrogen-bond acceptors (Lipinski definition) is 5. The van der Waals surface area contributed by atoms with Crippen molar-refractivity contribution < 1.29 is 0 Å². The van der Waals surface area contributed by atoms with Crippen LogP contribution in [0, 0.1) is 19.8 Å². The third kappa shape index (κ3) is 2.35. The highest BCUT2D eigenvalue weighted by molar-refractivity contribution is 5.89. The molecule has 0 aliphatic rings. The smallest absolute Gasteiger partial charge is 0.188 e. The molecule has 0 atom stereocenters. The summed E-state index contributed by atoms with van der Waals surface area (Å²) in [4.78, 5) is 8.75. The molecule has 0 aliphatic carbocycles. The Hall–Kier alpha value is -2.44. The molecule has 3 rings (SSSR count). The molecular weight excluding hydrogens is 266 g/mol. The van der Waals surface area contributed by atoms with Gasteiger partial charge in [0.1, 0.15) is 11.6 Å². The molecule has 0 aromatic carbocycles. The van der Waals surface area contributed by atoms with Gasteiger partial charge in [0.05, 0.1) is 11.1 Å². The molecular formula is C14H19N7. The lowest BCUT2D eigenvalue weighted by atomic mass is 10.1. The molecule has 0 saturated heterocycles. The normalized spacial score (nSPS) is 11.7. The van der Waals surface area contributed by atoms with Gasteiger partial charge in [-0.05, 0) is 26.2 Å². The molecule has 0 radical (unpaired) electrons. The number of aromatic amines is 1. The fourth-order valence-electron chi connectivity index (χ4n) is 2.50. The van der Waals surface area contributed by atoms with Crippen LogP contribution in [0.15, 0.2) is 6.07 Å². The van der Waals surface area contributed by atoms with E-state index in [1.54, 1.807) is 4.68 Å². The second-order valence-corrected chi connectivity index (χ2v) is 5.71. The zero-order chi connectivity index (χ0) is 15.1. The van der Waals surface area contributed by atoms with E-state index < -0.39 is 0 Å². The molecule has 0 saturated carbocycles. The van der Waals surface area contributed by atoms with E-state index in [1.807, 2.05) is 19.9 Å². The molecule has 7 heteroatoms. The standard InChI is InChI=1S/C14H19N7/c1-7(2)5-10-12-13(15)18-19-14(12)21(20-10)11-6-8(3)16-9(4)17-11/h6-7H,5H2,1-4H3,(H3,15,18,19). The number of H-pyrrole nitrogens is 1. The lowest BCUT2D eigenvalue weighted by molar-refractivity contribution is 0.629. The summed E-state index contributed by atoms with van der Waals surface area (Å²) in [6, 6.07) is 1.89. The zero-order valence-electron chi connectivity index (χ0n) is 12.7. The molecule has 0 unspecified atom stereocenters. The summed E-state index contributed by atoms with van der Waals surface area (Å²) in [5.74, 6) is 2.46. The summed E-state index contributed by atoms with van der Waals surface area (Å²) >= 11 is 0. The number of nitrogens with zero attached hydrogens (tertiary/aromatic N) is 5. The van der Waals surface area contributed by atoms with Gasteiger partial charge in [-0.15, -0.1) is 0 Å². The lowest BCUT2D eigenvalue weighted by Gasteiger charge is -2.04. The van der Waals surface area contributed by atoms with Crippen LogP contribution in [0.25, 0.3) is 16.9 Å². The van der Waals surface area contributed by atoms with Crippen molar-refractivity contribution in [3.63, 3.8) is 0 Å². The third-order valence-electron chi connectivity index (χ3n) is 3.26. The number of nitrogens with two attached hydrogens (primary N) is 1. The number of hydrogen-bond donors (Lipinski definition) is 2. The van der Waals surface area contributed by atoms with E-state index >= 15 is 0 Å². The summed E-state index contributed by atoms with van der Waals surface area (Å²) in [5, 5.41) is 12.7. The molecule has 3 N–H and O–H groups in total. The second-order valence-electron chi connectivity index (χ2n) is 5.71. The molecule has 0 fully saturated rings. The number of rotatable bonds is 3. The minimum atomic E-state index is 0.486. The number of nitrogen functional groups attached to an aromatic ring is 1. The van der Waals surface area contributed by atoms with Crippen molar-refractivity contribution in [3.05, 3.63) is 23.3 Å². The molecule has 3 aromatic rings. The highest BCUT2D eigenvalue weighted by atomic mass is 15.4. The Morgan fingerprint density at radius 3 is 2.71 bits per heavy atom. The Morgan fingerprint density at radius 1 is 1.29 bits per heavy atom. The van der Waals surface area contributed by atoms with Crippen LogP contribution in [0.1, 0.15) is 31.1 Å². The average molecular weight is 285 g/mol. The van der Waals surface area contributed by atoms with Gasteiger partial charge in [0.15, 0.2) is 11.5 Å². The minimum Gasteiger partial charge on any atom is -0.383 e. The summed E-state index contributed by atoms with van der Waals surface area (Å²) < 4.78 is 1.74. The van der Waals surface area contributed by atoms with Crippen LogP contribution in [0.3, 0.4) is 0 Å². The van der Waals surface area contributed by atoms with Gasteiger partial charge in [-0.2, -0.15) is 14.9 Å². The van der Waals surface area contributed by atoms with Crippen LogP contribution in [-0.2, 0) is 6.42 Å². The van der Waals surface area contributed by atoms with Gasteiger partial charge >= 0.3 is 0 Å². The molecule has 21 heavy (non-hydrogen) atoms. The topological polar surface area (TPSA) is 98.3 Å². The maximum atomic E-state index is 6.00. The van der Waals surface area contributed by atoms with Gasteiger partial charge in [0, 0.05) is 11.8 Å². The number of anilines is 1. The van der Waals surface area contributed by atoms with Crippen molar-refractivity contribution >= 4 is 16.9 Å². The van der Waals surface area contributed by atoms with Crippen molar-refractivity contribution in [1.29, 1.82) is 0 Å². The highest BCUT2D eigenvalue weighted by Crippen LogP contribution is 2.26. The van der Waals surface area contributed by atoms with E-state index in [0.29, 0.717) is 29.0 Å². The van der Waals surface area contributed by atoms with E-state index in [-0.39, 0.29) is 0 Å². The van der Waals surface area contributed by atoms with Gasteiger partial charge in [-0.3, -0.25) is 5.10 Å². The highest BCUT2D eigenvalue weighted by Gasteiger charge is 2.19. The number of nitrogens with one attached hydrogen (secondary N) is 1. The average Bonchev–Trinajstić information content (AvgIpc) is 2.90. The van der Waals surface area contributed by atoms with E-state index in [0.717, 1.165) is 23.2 Å². The maximum absolute atomic E-state index is 6.00. The van der Waals surface area contributed by atoms with E-state index in [9.17, 15) is 0 Å². The predicted octanol–water partition coefficient (Wildman–Crippen LogP) is 1.94. The van der Waals surface area contributed by atoms with Gasteiger partial charge < -0.3 is 5.73 Å². The summed E-state index contributed by atoms with van der Waals surface area (Å²) in [6.07, 6.45) is 0.844. The van der Waals surface area contributed by atoms with Gasteiger partial charge in [-0.1, -0.05) is 13.8 Å². The first kappa shape index (κ1) is 13.5. The van der Waals surface area contributed by atoms with Crippen molar-refractivity contribution in [3.8, 4) is 5.82 Å². The van der Waals surface area contributed by atoms with Crippen molar-refractivity contribution in [1.82, 2.24) is 29.9 Å². The first-order valence-corrected chi connectivity index (χ1v) is 6.99. The van der Waals surface area contributed by atoms with Crippen LogP contribution < -0.4 is 5.73 Å². The first-order valence-electron chi connectivity index (χ1n) is 6.99. The number of aryl methyl sites for hydroxylation is 2. The van der Waals surface area contributed by atoms with Gasteiger partial charge in [0.2, 0.25) is 0 Å². The van der Waals surface area contributed by atoms with Crippen LogP contribution in [0.5, 0.6) is 0 Å². The summed E-state index contributed by atoms with van der Waals surface area (Å²) in [6.45, 7) is 8.11. The maximum Gasteiger partial charge on any atom is 0.188 e. The Morgan fingerprint density at radius 2 is 2.05 bits per heavy atom. The molecule has 0 aliphatic heterocycles. The Kier molecular flexibility index (Phi) is 3.12. The van der Waals surface area contributed by atoms with E-state index in [4.69, 9.17) is 5.73 Å². The largest absolute Gasteiger partial charge is 0.383 e. The van der Waals surface area contributed by atoms with Crippen LogP contribution >= 0.6 is 0 Å². The van der Waals surface area contributed by atoms with Crippen LogP contribution in [0.4, 0.5) is 5.82 Å². The van der Waals surface area contributed by atoms with Crippen LogP contribution in [0.2, 0.25) is 0 Å². The Balaban J connectivity index is 2.23. The van der Waals surface area contributed by atoms with Gasteiger partial charge in [-0.25, -0.2) is 9.97 Å². The Bertz CT molecular complexity index is 777. The molecule has 3 heterocycles. The lowest BCUT2D eigenvalue weighted by Crippen LogP contribution is -2.05. The second kappa shape index (κ2) is 4.83. The monoisotopic (exact) mass is 285 g/mol. The molecule has 3 aromatic heterocycles. The fourth-order valence-corrected chi connectivity index (χ4v) is 2.50. The SMILES string of the molecule is Cc1cc(-n2nc(CC(C)C)c3c(N)[nH]nc32)nc(C)n1. The van der Waals surface area contributed by atoms with Crippen molar-refractivity contribution in [2.45, 2.75) is 34.1 Å². The summed E-state index contributed by atoms with van der Waals surface area (Å²) in [7, 11) is 0. The zero-order valence-corrected chi connectivity index (χ0v) is 12.7. The minimum absolute atomic E-state index is 0.486. The van der Waals surface area contributed by atoms with Crippen molar-refractivity contribution in [2.24, 2.45) is 5.92 Å². The fraction of sp³-hybridized carbons (Fsp3) is 0.429. The first-order chi connectivity index (χ1) is 9.95. The van der Waals surface area contributed by atoms with Crippen LogP contribution in [-0.4, -0.2) is 29.9 Å².